The molecule has 0 atom stereocenters. The summed E-state index contributed by atoms with van der Waals surface area (Å²) in [5.41, 5.74) is 1.05. The van der Waals surface area contributed by atoms with Crippen LogP contribution < -0.4 is 0 Å². The molecular weight excluding hydrogens is 278 g/mol. The summed E-state index contributed by atoms with van der Waals surface area (Å²) in [7, 11) is 0. The summed E-state index contributed by atoms with van der Waals surface area (Å²) in [5.74, 6) is -0.838. The van der Waals surface area contributed by atoms with Gasteiger partial charge in [0.15, 0.2) is 0 Å². The molecule has 0 saturated carbocycles. The molecule has 82 valence electrons. The van der Waals surface area contributed by atoms with Gasteiger partial charge >= 0.3 is 5.97 Å². The number of carboxylic acids is 1. The maximum Gasteiger partial charge on any atom is 0.319 e. The number of rotatable bonds is 3. The lowest BCUT2D eigenvalue weighted by Gasteiger charge is -2.17. The smallest absolute Gasteiger partial charge is 0.319 e. The number of carboxylic acid groups (broad SMARTS) is 1. The maximum atomic E-state index is 10.9. The van der Waals surface area contributed by atoms with Gasteiger partial charge in [0, 0.05) is 10.7 Å². The second-order valence-electron chi connectivity index (χ2n) is 3.69. The molecule has 1 N–H and O–H groups in total. The fourth-order valence-corrected chi connectivity index (χ4v) is 2.04. The second-order valence-corrected chi connectivity index (χ2v) is 6.19. The average molecular weight is 290 g/mol. The standard InChI is InChI=1S/C10H12BrNO2S/c1-6-4-8(12-5-7(6)11)15-10(2,3)9(13)14/h4-5H,1-3H3,(H,13,14). The molecule has 0 unspecified atom stereocenters. The van der Waals surface area contributed by atoms with Crippen molar-refractivity contribution in [3.05, 3.63) is 22.3 Å². The van der Waals surface area contributed by atoms with Crippen LogP contribution in [0.15, 0.2) is 21.8 Å². The highest BCUT2D eigenvalue weighted by Crippen LogP contribution is 2.32. The van der Waals surface area contributed by atoms with E-state index < -0.39 is 10.7 Å². The van der Waals surface area contributed by atoms with Gasteiger partial charge in [-0.1, -0.05) is 11.8 Å². The highest BCUT2D eigenvalue weighted by molar-refractivity contribution is 9.10. The van der Waals surface area contributed by atoms with E-state index in [0.717, 1.165) is 15.1 Å². The van der Waals surface area contributed by atoms with E-state index in [1.807, 2.05) is 13.0 Å². The number of halogens is 1. The van der Waals surface area contributed by atoms with E-state index in [1.165, 1.54) is 11.8 Å². The predicted molar refractivity (Wildman–Crippen MR) is 64.2 cm³/mol. The normalized spacial score (nSPS) is 11.5. The zero-order valence-electron chi connectivity index (χ0n) is 8.74. The number of hydrogen-bond acceptors (Lipinski definition) is 3. The van der Waals surface area contributed by atoms with Gasteiger partial charge in [-0.2, -0.15) is 0 Å². The van der Waals surface area contributed by atoms with Crippen molar-refractivity contribution in [3.8, 4) is 0 Å². The number of aliphatic carboxylic acids is 1. The van der Waals surface area contributed by atoms with E-state index in [4.69, 9.17) is 5.11 Å². The summed E-state index contributed by atoms with van der Waals surface area (Å²) in [6.45, 7) is 5.28. The summed E-state index contributed by atoms with van der Waals surface area (Å²) in [5, 5.41) is 9.69. The SMILES string of the molecule is Cc1cc(SC(C)(C)C(=O)O)ncc1Br. The lowest BCUT2D eigenvalue weighted by molar-refractivity contribution is -0.138. The number of nitrogens with zero attached hydrogens (tertiary/aromatic N) is 1. The van der Waals surface area contributed by atoms with Crippen molar-refractivity contribution in [2.24, 2.45) is 0 Å². The Bertz CT molecular complexity index is 393. The molecule has 0 fully saturated rings. The number of aromatic nitrogens is 1. The highest BCUT2D eigenvalue weighted by Gasteiger charge is 2.29. The summed E-state index contributed by atoms with van der Waals surface area (Å²) in [4.78, 5) is 15.1. The monoisotopic (exact) mass is 289 g/mol. The largest absolute Gasteiger partial charge is 0.480 e. The molecular formula is C10H12BrNO2S. The Balaban J connectivity index is 2.91. The molecule has 0 aliphatic heterocycles. The minimum Gasteiger partial charge on any atom is -0.480 e. The van der Waals surface area contributed by atoms with Crippen molar-refractivity contribution in [1.82, 2.24) is 4.98 Å². The second kappa shape index (κ2) is 4.53. The van der Waals surface area contributed by atoms with Crippen molar-refractivity contribution in [2.45, 2.75) is 30.5 Å². The first-order chi connectivity index (χ1) is 6.83. The van der Waals surface area contributed by atoms with Gasteiger partial charge in [0.1, 0.15) is 4.75 Å². The van der Waals surface area contributed by atoms with E-state index >= 15 is 0 Å². The summed E-state index contributed by atoms with van der Waals surface area (Å²) >= 11 is 4.60. The van der Waals surface area contributed by atoms with Crippen LogP contribution in [0.25, 0.3) is 0 Å². The summed E-state index contributed by atoms with van der Waals surface area (Å²) in [6, 6.07) is 1.87. The Morgan fingerprint density at radius 3 is 2.67 bits per heavy atom. The molecule has 3 nitrogen and oxygen atoms in total. The molecule has 0 aliphatic rings. The first-order valence-corrected chi connectivity index (χ1v) is 5.98. The van der Waals surface area contributed by atoms with Gasteiger partial charge in [-0.25, -0.2) is 4.98 Å². The first-order valence-electron chi connectivity index (χ1n) is 4.37. The molecule has 0 spiro atoms. The fourth-order valence-electron chi connectivity index (χ4n) is 0.874. The van der Waals surface area contributed by atoms with Crippen LogP contribution in [0.1, 0.15) is 19.4 Å². The molecule has 1 rings (SSSR count). The third-order valence-electron chi connectivity index (χ3n) is 1.90. The van der Waals surface area contributed by atoms with Gasteiger partial charge in [-0.15, -0.1) is 0 Å². The van der Waals surface area contributed by atoms with Crippen molar-refractivity contribution in [1.29, 1.82) is 0 Å². The van der Waals surface area contributed by atoms with Gasteiger partial charge < -0.3 is 5.11 Å². The number of carbonyl (C=O) groups is 1. The summed E-state index contributed by atoms with van der Waals surface area (Å²) in [6.07, 6.45) is 1.69. The lowest BCUT2D eigenvalue weighted by Crippen LogP contribution is -2.27. The van der Waals surface area contributed by atoms with Crippen molar-refractivity contribution >= 4 is 33.7 Å². The van der Waals surface area contributed by atoms with E-state index in [2.05, 4.69) is 20.9 Å². The molecule has 0 saturated heterocycles. The molecule has 0 bridgehead atoms. The van der Waals surface area contributed by atoms with Gasteiger partial charge in [0.25, 0.3) is 0 Å². The fraction of sp³-hybridized carbons (Fsp3) is 0.400. The highest BCUT2D eigenvalue weighted by atomic mass is 79.9. The van der Waals surface area contributed by atoms with Crippen LogP contribution in [-0.2, 0) is 4.79 Å². The quantitative estimate of drug-likeness (QED) is 0.869. The van der Waals surface area contributed by atoms with Crippen LogP contribution in [0.2, 0.25) is 0 Å². The molecule has 0 aromatic carbocycles. The van der Waals surface area contributed by atoms with Crippen molar-refractivity contribution in [3.63, 3.8) is 0 Å². The van der Waals surface area contributed by atoms with E-state index in [-0.39, 0.29) is 0 Å². The topological polar surface area (TPSA) is 50.2 Å². The molecule has 5 heteroatoms. The number of hydrogen-bond donors (Lipinski definition) is 1. The molecule has 15 heavy (non-hydrogen) atoms. The molecule has 0 amide bonds. The maximum absolute atomic E-state index is 10.9. The van der Waals surface area contributed by atoms with Crippen LogP contribution in [0.5, 0.6) is 0 Å². The van der Waals surface area contributed by atoms with Crippen LogP contribution >= 0.6 is 27.7 Å². The molecule has 1 aromatic rings. The van der Waals surface area contributed by atoms with Gasteiger partial charge in [0.2, 0.25) is 0 Å². The third kappa shape index (κ3) is 3.21. The Morgan fingerprint density at radius 1 is 1.60 bits per heavy atom. The molecule has 0 aliphatic carbocycles. The van der Waals surface area contributed by atoms with Crippen molar-refractivity contribution < 1.29 is 9.90 Å². The van der Waals surface area contributed by atoms with E-state index in [1.54, 1.807) is 20.0 Å². The molecule has 1 aromatic heterocycles. The zero-order valence-corrected chi connectivity index (χ0v) is 11.1. The van der Waals surface area contributed by atoms with Gasteiger partial charge in [-0.3, -0.25) is 4.79 Å². The van der Waals surface area contributed by atoms with E-state index in [9.17, 15) is 4.79 Å². The average Bonchev–Trinajstić information content (AvgIpc) is 2.10. The van der Waals surface area contributed by atoms with Gasteiger partial charge in [0.05, 0.1) is 5.03 Å². The van der Waals surface area contributed by atoms with Crippen LogP contribution in [-0.4, -0.2) is 20.8 Å². The number of aryl methyl sites for hydroxylation is 1. The van der Waals surface area contributed by atoms with Crippen LogP contribution in [0.4, 0.5) is 0 Å². The molecule has 0 radical (unpaired) electrons. The van der Waals surface area contributed by atoms with E-state index in [0.29, 0.717) is 0 Å². The minimum atomic E-state index is -0.854. The third-order valence-corrected chi connectivity index (χ3v) is 3.84. The zero-order chi connectivity index (χ0) is 11.6. The lowest BCUT2D eigenvalue weighted by atomic mass is 10.2. The first kappa shape index (κ1) is 12.5. The molecule has 1 heterocycles. The Kier molecular flexibility index (Phi) is 3.78. The van der Waals surface area contributed by atoms with Gasteiger partial charge in [-0.05, 0) is 48.3 Å². The van der Waals surface area contributed by atoms with Crippen molar-refractivity contribution in [2.75, 3.05) is 0 Å². The summed E-state index contributed by atoms with van der Waals surface area (Å²) < 4.78 is 0.0766. The predicted octanol–water partition coefficient (Wildman–Crippen LogP) is 3.11. The minimum absolute atomic E-state index is 0.725. The Hall–Kier alpha value is -0.550. The Morgan fingerprint density at radius 2 is 2.20 bits per heavy atom. The van der Waals surface area contributed by atoms with Crippen LogP contribution in [0.3, 0.4) is 0 Å². The Labute approximate surface area is 101 Å². The number of thioether (sulfide) groups is 1. The van der Waals surface area contributed by atoms with Crippen LogP contribution in [0, 0.1) is 6.92 Å². The number of pyridine rings is 1.